The SMILES string of the molecule is O=C[C@H]1CCC[C@@]12CC[C@]1(C2)C[C@]2(O)[C@H](O)[C@@H](CO)O[C@@H](Oc3cccc4c3C(=O)[C@@]3(C(O)=CC(Cc5cccc(CO)c5)=C[C@@H]3C4=O)[C@H](CCCO)SSCNC3=CC1=CCN3)[C@@H]2O. The zero-order valence-corrected chi connectivity index (χ0v) is 37.7. The Kier molecular flexibility index (Phi) is 13.0. The number of fused-ring (bicyclic) bond motifs is 4. The molecule has 1 saturated heterocycles. The summed E-state index contributed by atoms with van der Waals surface area (Å²) in [7, 11) is 2.74. The topological polar surface area (TPSA) is 235 Å². The van der Waals surface area contributed by atoms with E-state index in [2.05, 4.69) is 10.6 Å². The minimum absolute atomic E-state index is 0.0175. The first kappa shape index (κ1) is 46.2. The molecule has 6 bridgehead atoms. The Bertz CT molecular complexity index is 2340. The van der Waals surface area contributed by atoms with Crippen LogP contribution >= 0.6 is 21.6 Å². The molecular formula is C49H58N2O12S2. The quantitative estimate of drug-likeness (QED) is 0.132. The average Bonchev–Trinajstić information content (AvgIpc) is 3.90. The van der Waals surface area contributed by atoms with E-state index in [0.717, 1.165) is 36.7 Å². The maximum atomic E-state index is 15.7. The zero-order valence-electron chi connectivity index (χ0n) is 36.1. The van der Waals surface area contributed by atoms with Crippen molar-refractivity contribution in [2.75, 3.05) is 25.6 Å². The summed E-state index contributed by atoms with van der Waals surface area (Å²) in [5.74, 6) is -1.93. The molecule has 0 radical (unpaired) electrons. The summed E-state index contributed by atoms with van der Waals surface area (Å²) in [6, 6.07) is 11.8. The molecule has 0 aromatic heterocycles. The van der Waals surface area contributed by atoms with Gasteiger partial charge in [-0.2, -0.15) is 0 Å². The number of aldehydes is 1. The molecule has 65 heavy (non-hydrogen) atoms. The molecule has 3 aliphatic heterocycles. The Balaban J connectivity index is 1.17. The van der Waals surface area contributed by atoms with Crippen LogP contribution in [-0.4, -0.2) is 115 Å². The fourth-order valence-electron chi connectivity index (χ4n) is 12.3. The van der Waals surface area contributed by atoms with E-state index < -0.39 is 70.4 Å². The van der Waals surface area contributed by atoms with Gasteiger partial charge in [-0.1, -0.05) is 76.6 Å². The molecule has 0 unspecified atom stereocenters. The van der Waals surface area contributed by atoms with Crippen LogP contribution in [-0.2, 0) is 22.6 Å². The van der Waals surface area contributed by atoms with Gasteiger partial charge < -0.3 is 60.6 Å². The lowest BCUT2D eigenvalue weighted by atomic mass is 9.57. The number of Topliss-reactive ketones (excluding diaryl/α,β-unsaturated/α-hetero) is 2. The van der Waals surface area contributed by atoms with E-state index in [1.54, 1.807) is 12.1 Å². The zero-order chi connectivity index (χ0) is 45.7. The highest BCUT2D eigenvalue weighted by Gasteiger charge is 2.65. The average molecular weight is 931 g/mol. The lowest BCUT2D eigenvalue weighted by molar-refractivity contribution is -0.319. The van der Waals surface area contributed by atoms with Crippen LogP contribution in [0.4, 0.5) is 0 Å². The van der Waals surface area contributed by atoms with Crippen molar-refractivity contribution < 1.29 is 59.6 Å². The minimum Gasteiger partial charge on any atom is -0.511 e. The second-order valence-electron chi connectivity index (χ2n) is 19.0. The number of carbonyl (C=O) groups is 3. The van der Waals surface area contributed by atoms with Crippen LogP contribution in [0.3, 0.4) is 0 Å². The molecule has 14 nitrogen and oxygen atoms in total. The van der Waals surface area contributed by atoms with Crippen molar-refractivity contribution in [1.82, 2.24) is 10.6 Å². The van der Waals surface area contributed by atoms with Crippen molar-refractivity contribution in [2.24, 2.45) is 28.1 Å². The molecule has 348 valence electrons. The number of allylic oxidation sites excluding steroid dienone is 6. The Morgan fingerprint density at radius 1 is 0.954 bits per heavy atom. The van der Waals surface area contributed by atoms with Gasteiger partial charge in [0.15, 0.2) is 11.6 Å². The molecule has 16 heteroatoms. The van der Waals surface area contributed by atoms with E-state index in [1.165, 1.54) is 45.9 Å². The summed E-state index contributed by atoms with van der Waals surface area (Å²) < 4.78 is 12.5. The second kappa shape index (κ2) is 18.3. The fraction of sp³-hybridized carbons (Fsp3) is 0.531. The number of rotatable bonds is 8. The van der Waals surface area contributed by atoms with Gasteiger partial charge in [0.05, 0.1) is 36.4 Å². The molecule has 2 saturated carbocycles. The van der Waals surface area contributed by atoms with Crippen molar-refractivity contribution in [3.63, 3.8) is 0 Å². The van der Waals surface area contributed by atoms with Crippen LogP contribution in [0.5, 0.6) is 5.75 Å². The maximum Gasteiger partial charge on any atom is 0.229 e. The Labute approximate surface area is 385 Å². The predicted octanol–water partition coefficient (Wildman–Crippen LogP) is 4.33. The molecule has 3 heterocycles. The van der Waals surface area contributed by atoms with Crippen molar-refractivity contribution in [2.45, 2.75) is 106 Å². The van der Waals surface area contributed by atoms with Crippen LogP contribution in [0, 0.1) is 28.1 Å². The van der Waals surface area contributed by atoms with Crippen LogP contribution < -0.4 is 15.4 Å². The number of aliphatic hydroxyl groups is 7. The van der Waals surface area contributed by atoms with E-state index in [4.69, 9.17) is 9.47 Å². The molecule has 7 aliphatic rings. The number of carbonyl (C=O) groups excluding carboxylic acids is 3. The lowest BCUT2D eigenvalue weighted by Gasteiger charge is -2.51. The molecule has 2 aromatic carbocycles. The monoisotopic (exact) mass is 930 g/mol. The Morgan fingerprint density at radius 3 is 2.55 bits per heavy atom. The number of ketones is 2. The van der Waals surface area contributed by atoms with Gasteiger partial charge in [-0.3, -0.25) is 9.59 Å². The van der Waals surface area contributed by atoms with Crippen molar-refractivity contribution >= 4 is 39.4 Å². The summed E-state index contributed by atoms with van der Waals surface area (Å²) in [4.78, 5) is 43.4. The van der Waals surface area contributed by atoms with E-state index in [0.29, 0.717) is 55.1 Å². The number of hydrogen-bond acceptors (Lipinski definition) is 16. The maximum absolute atomic E-state index is 15.7. The molecule has 3 fully saturated rings. The Hall–Kier alpha value is -3.97. The van der Waals surface area contributed by atoms with Gasteiger partial charge in [0.1, 0.15) is 47.1 Å². The third-order valence-corrected chi connectivity index (χ3v) is 18.2. The fourth-order valence-corrected chi connectivity index (χ4v) is 15.2. The normalized spacial score (nSPS) is 36.8. The van der Waals surface area contributed by atoms with Crippen LogP contribution in [0.1, 0.15) is 89.6 Å². The highest BCUT2D eigenvalue weighted by molar-refractivity contribution is 8.76. The predicted molar refractivity (Wildman–Crippen MR) is 243 cm³/mol. The summed E-state index contributed by atoms with van der Waals surface area (Å²) in [6.45, 7) is -0.703. The van der Waals surface area contributed by atoms with Crippen molar-refractivity contribution in [3.05, 3.63) is 112 Å². The number of benzene rings is 2. The standard InChI is InChI=1S/C49H58N2O12S2/c52-16-4-10-38-49-34(19-30(20-37(49)56)18-28-5-1-6-29(17-28)22-53)41(57)33-8-2-9-35(40(33)43(49)59)62-45-44(60)48(61,42(58)36(24-55)63-45)26-47(14-13-46(25-47)12-3-7-32(46)23-54)31-11-15-50-39(21-31)51-27-64-65-38/h1-2,5-6,8-9,11,17,19-21,23,32,34,36,38,42,44-45,50-53,55-56,58,60-61H,3-4,7,10,12-16,18,22,24-27H2/t32-,34-,36-,38+,42-,44+,45-,46+,47+,48+,49+/m1/s1. The van der Waals surface area contributed by atoms with Crippen LogP contribution in [0.15, 0.2) is 89.5 Å². The summed E-state index contributed by atoms with van der Waals surface area (Å²) in [5, 5.41) is 86.3. The second-order valence-corrected chi connectivity index (χ2v) is 21.6. The molecule has 2 aromatic rings. The van der Waals surface area contributed by atoms with Crippen LogP contribution in [0.2, 0.25) is 0 Å². The Morgan fingerprint density at radius 2 is 1.77 bits per heavy atom. The van der Waals surface area contributed by atoms with Crippen molar-refractivity contribution in [1.29, 1.82) is 0 Å². The van der Waals surface area contributed by atoms with Crippen LogP contribution in [0.25, 0.3) is 0 Å². The highest BCUT2D eigenvalue weighted by Crippen LogP contribution is 2.65. The third-order valence-electron chi connectivity index (χ3n) is 15.5. The largest absolute Gasteiger partial charge is 0.511 e. The van der Waals surface area contributed by atoms with Gasteiger partial charge in [0.2, 0.25) is 6.29 Å². The van der Waals surface area contributed by atoms with Gasteiger partial charge in [-0.25, -0.2) is 0 Å². The number of dihydropyridines is 1. The molecule has 4 aliphatic carbocycles. The molecule has 11 atom stereocenters. The van der Waals surface area contributed by atoms with Gasteiger partial charge in [0.25, 0.3) is 0 Å². The summed E-state index contributed by atoms with van der Waals surface area (Å²) in [6.07, 6.45) is 6.25. The minimum atomic E-state index is -2.35. The summed E-state index contributed by atoms with van der Waals surface area (Å²) in [5.41, 5.74) is -2.54. The number of aliphatic hydroxyl groups excluding tert-OH is 6. The van der Waals surface area contributed by atoms with E-state index in [9.17, 15) is 40.5 Å². The van der Waals surface area contributed by atoms with Gasteiger partial charge in [-0.15, -0.1) is 0 Å². The number of nitrogens with one attached hydrogen (secondary N) is 2. The smallest absolute Gasteiger partial charge is 0.229 e. The lowest BCUT2D eigenvalue weighted by Crippen LogP contribution is -2.69. The first-order valence-corrected chi connectivity index (χ1v) is 25.0. The number of hydrogen-bond donors (Lipinski definition) is 9. The molecule has 3 spiro atoms. The van der Waals surface area contributed by atoms with E-state index in [1.807, 2.05) is 30.4 Å². The first-order chi connectivity index (χ1) is 31.4. The van der Waals surface area contributed by atoms with E-state index in [-0.39, 0.29) is 66.4 Å². The third kappa shape index (κ3) is 7.80. The first-order valence-electron chi connectivity index (χ1n) is 22.6. The van der Waals surface area contributed by atoms with Gasteiger partial charge >= 0.3 is 0 Å². The van der Waals surface area contributed by atoms with E-state index >= 15 is 9.59 Å². The van der Waals surface area contributed by atoms with Gasteiger partial charge in [0, 0.05) is 29.9 Å². The molecule has 9 N–H and O–H groups in total. The van der Waals surface area contributed by atoms with Gasteiger partial charge in [-0.05, 0) is 109 Å². The number of ether oxygens (including phenoxy) is 2. The summed E-state index contributed by atoms with van der Waals surface area (Å²) >= 11 is 0. The highest BCUT2D eigenvalue weighted by atomic mass is 33.1. The molecule has 9 rings (SSSR count). The molecule has 0 amide bonds. The van der Waals surface area contributed by atoms with Crippen molar-refractivity contribution in [3.8, 4) is 5.75 Å². The molecular weight excluding hydrogens is 873 g/mol.